The molecule has 3 rings (SSSR count). The van der Waals surface area contributed by atoms with Crippen LogP contribution in [0.2, 0.25) is 0 Å². The number of carboxylic acids is 1. The highest BCUT2D eigenvalue weighted by Crippen LogP contribution is 2.20. The summed E-state index contributed by atoms with van der Waals surface area (Å²) in [6.45, 7) is 2.42. The number of piperidine rings is 1. The minimum Gasteiger partial charge on any atom is -0.481 e. The van der Waals surface area contributed by atoms with Crippen molar-refractivity contribution in [2.75, 3.05) is 13.1 Å². The summed E-state index contributed by atoms with van der Waals surface area (Å²) in [4.78, 5) is 38.2. The molecule has 6 nitrogen and oxygen atoms in total. The van der Waals surface area contributed by atoms with Crippen LogP contribution in [0.5, 0.6) is 0 Å². The van der Waals surface area contributed by atoms with E-state index in [9.17, 15) is 19.5 Å². The summed E-state index contributed by atoms with van der Waals surface area (Å²) in [5, 5.41) is 14.6. The number of nitrogens with zero attached hydrogens (tertiary/aromatic N) is 1. The number of carboxylic acid groups (broad SMARTS) is 1. The van der Waals surface area contributed by atoms with Gasteiger partial charge in [0, 0.05) is 19.5 Å². The highest BCUT2D eigenvalue weighted by atomic mass is 16.4. The maximum absolute atomic E-state index is 12.7. The molecule has 1 fully saturated rings. The first-order chi connectivity index (χ1) is 14.0. The molecule has 0 saturated carbocycles. The van der Waals surface area contributed by atoms with Crippen LogP contribution in [0.15, 0.2) is 42.5 Å². The van der Waals surface area contributed by atoms with Crippen molar-refractivity contribution in [3.8, 4) is 0 Å². The molecule has 0 aromatic heterocycles. The van der Waals surface area contributed by atoms with Gasteiger partial charge < -0.3 is 15.3 Å². The van der Waals surface area contributed by atoms with Crippen LogP contribution in [0.25, 0.3) is 10.8 Å². The van der Waals surface area contributed by atoms with Gasteiger partial charge in [0.1, 0.15) is 6.04 Å². The summed E-state index contributed by atoms with van der Waals surface area (Å²) in [6, 6.07) is 13.4. The first kappa shape index (κ1) is 20.8. The monoisotopic (exact) mass is 396 g/mol. The Morgan fingerprint density at radius 3 is 2.62 bits per heavy atom. The summed E-state index contributed by atoms with van der Waals surface area (Å²) in [7, 11) is 0. The predicted octanol–water partition coefficient (Wildman–Crippen LogP) is 2.99. The SMILES string of the molecule is CCC(=O)N1CCCCC1C(=O)NCC(Cc1ccc2ccccc2c1)C(=O)O. The molecule has 1 aliphatic rings. The molecule has 0 radical (unpaired) electrons. The van der Waals surface area contributed by atoms with Crippen molar-refractivity contribution in [3.63, 3.8) is 0 Å². The molecule has 2 atom stereocenters. The zero-order chi connectivity index (χ0) is 20.8. The van der Waals surface area contributed by atoms with Gasteiger partial charge >= 0.3 is 5.97 Å². The van der Waals surface area contributed by atoms with Gasteiger partial charge in [-0.3, -0.25) is 14.4 Å². The van der Waals surface area contributed by atoms with Crippen molar-refractivity contribution < 1.29 is 19.5 Å². The average molecular weight is 396 g/mol. The molecule has 2 aromatic rings. The third kappa shape index (κ3) is 5.13. The van der Waals surface area contributed by atoms with Gasteiger partial charge in [0.2, 0.25) is 11.8 Å². The largest absolute Gasteiger partial charge is 0.481 e. The van der Waals surface area contributed by atoms with Gasteiger partial charge in [-0.1, -0.05) is 49.4 Å². The number of nitrogens with one attached hydrogen (secondary N) is 1. The predicted molar refractivity (Wildman–Crippen MR) is 111 cm³/mol. The van der Waals surface area contributed by atoms with E-state index in [0.717, 1.165) is 29.2 Å². The minimum atomic E-state index is -0.941. The fourth-order valence-corrected chi connectivity index (χ4v) is 3.94. The summed E-state index contributed by atoms with van der Waals surface area (Å²) < 4.78 is 0. The van der Waals surface area contributed by atoms with E-state index in [4.69, 9.17) is 0 Å². The lowest BCUT2D eigenvalue weighted by Gasteiger charge is -2.34. The van der Waals surface area contributed by atoms with Crippen molar-refractivity contribution in [3.05, 3.63) is 48.0 Å². The van der Waals surface area contributed by atoms with Crippen LogP contribution in [0.3, 0.4) is 0 Å². The van der Waals surface area contributed by atoms with Crippen LogP contribution < -0.4 is 5.32 Å². The van der Waals surface area contributed by atoms with Crippen LogP contribution in [-0.2, 0) is 20.8 Å². The number of carbonyl (C=O) groups is 3. The number of carbonyl (C=O) groups excluding carboxylic acids is 2. The lowest BCUT2D eigenvalue weighted by molar-refractivity contribution is -0.144. The van der Waals surface area contributed by atoms with Crippen LogP contribution in [0.4, 0.5) is 0 Å². The summed E-state index contributed by atoms with van der Waals surface area (Å²) in [6.07, 6.45) is 3.12. The summed E-state index contributed by atoms with van der Waals surface area (Å²) in [5.74, 6) is -1.95. The van der Waals surface area contributed by atoms with E-state index in [2.05, 4.69) is 5.32 Å². The van der Waals surface area contributed by atoms with Gasteiger partial charge in [-0.2, -0.15) is 0 Å². The molecule has 1 saturated heterocycles. The molecule has 0 bridgehead atoms. The Morgan fingerprint density at radius 1 is 1.14 bits per heavy atom. The fraction of sp³-hybridized carbons (Fsp3) is 0.435. The number of hydrogen-bond donors (Lipinski definition) is 2. The van der Waals surface area contributed by atoms with Crippen LogP contribution >= 0.6 is 0 Å². The fourth-order valence-electron chi connectivity index (χ4n) is 3.94. The van der Waals surface area contributed by atoms with Crippen molar-refractivity contribution in [1.29, 1.82) is 0 Å². The molecule has 2 unspecified atom stereocenters. The molecule has 1 heterocycles. The topological polar surface area (TPSA) is 86.7 Å². The van der Waals surface area contributed by atoms with Crippen molar-refractivity contribution in [1.82, 2.24) is 10.2 Å². The van der Waals surface area contributed by atoms with Gasteiger partial charge in [0.25, 0.3) is 0 Å². The number of amides is 2. The third-order valence-electron chi connectivity index (χ3n) is 5.60. The first-order valence-electron chi connectivity index (χ1n) is 10.3. The molecule has 0 spiro atoms. The van der Waals surface area contributed by atoms with E-state index in [-0.39, 0.29) is 18.4 Å². The Morgan fingerprint density at radius 2 is 1.90 bits per heavy atom. The van der Waals surface area contributed by atoms with Gasteiger partial charge in [0.15, 0.2) is 0 Å². The number of likely N-dealkylation sites (tertiary alicyclic amines) is 1. The number of aliphatic carboxylic acids is 1. The molecule has 2 N–H and O–H groups in total. The maximum Gasteiger partial charge on any atom is 0.308 e. The van der Waals surface area contributed by atoms with Crippen LogP contribution in [0.1, 0.15) is 38.2 Å². The highest BCUT2D eigenvalue weighted by Gasteiger charge is 2.32. The number of hydrogen-bond acceptors (Lipinski definition) is 3. The van der Waals surface area contributed by atoms with Gasteiger partial charge in [-0.15, -0.1) is 0 Å². The Labute approximate surface area is 170 Å². The second-order valence-corrected chi connectivity index (χ2v) is 7.62. The molecule has 2 aromatic carbocycles. The second kappa shape index (κ2) is 9.54. The zero-order valence-electron chi connectivity index (χ0n) is 16.8. The van der Waals surface area contributed by atoms with E-state index >= 15 is 0 Å². The molecular weight excluding hydrogens is 368 g/mol. The molecule has 6 heteroatoms. The van der Waals surface area contributed by atoms with Gasteiger partial charge in [-0.05, 0) is 42.0 Å². The normalized spacial score (nSPS) is 17.7. The van der Waals surface area contributed by atoms with Crippen molar-refractivity contribution >= 4 is 28.6 Å². The summed E-state index contributed by atoms with van der Waals surface area (Å²) in [5.41, 5.74) is 0.922. The lowest BCUT2D eigenvalue weighted by Crippen LogP contribution is -2.52. The smallest absolute Gasteiger partial charge is 0.308 e. The van der Waals surface area contributed by atoms with Crippen LogP contribution in [-0.4, -0.2) is 46.9 Å². The van der Waals surface area contributed by atoms with Gasteiger partial charge in [0.05, 0.1) is 5.92 Å². The van der Waals surface area contributed by atoms with E-state index in [1.165, 1.54) is 0 Å². The van der Waals surface area contributed by atoms with Crippen molar-refractivity contribution in [2.24, 2.45) is 5.92 Å². The second-order valence-electron chi connectivity index (χ2n) is 7.62. The van der Waals surface area contributed by atoms with E-state index in [0.29, 0.717) is 25.8 Å². The van der Waals surface area contributed by atoms with Crippen molar-refractivity contribution in [2.45, 2.75) is 45.1 Å². The van der Waals surface area contributed by atoms with E-state index in [1.807, 2.05) is 42.5 Å². The number of benzene rings is 2. The molecule has 154 valence electrons. The Bertz CT molecular complexity index is 895. The van der Waals surface area contributed by atoms with Crippen LogP contribution in [0, 0.1) is 5.92 Å². The molecule has 29 heavy (non-hydrogen) atoms. The molecular formula is C23H28N2O4. The lowest BCUT2D eigenvalue weighted by atomic mass is 9.96. The maximum atomic E-state index is 12.7. The average Bonchev–Trinajstić information content (AvgIpc) is 2.75. The molecule has 1 aliphatic heterocycles. The first-order valence-corrected chi connectivity index (χ1v) is 10.3. The van der Waals surface area contributed by atoms with E-state index in [1.54, 1.807) is 11.8 Å². The molecule has 0 aliphatic carbocycles. The Hall–Kier alpha value is -2.89. The van der Waals surface area contributed by atoms with Gasteiger partial charge in [-0.25, -0.2) is 0 Å². The number of rotatable bonds is 7. The zero-order valence-corrected chi connectivity index (χ0v) is 16.8. The Kier molecular flexibility index (Phi) is 6.86. The number of fused-ring (bicyclic) bond motifs is 1. The third-order valence-corrected chi connectivity index (χ3v) is 5.60. The highest BCUT2D eigenvalue weighted by molar-refractivity contribution is 5.88. The Balaban J connectivity index is 1.64. The molecule has 2 amide bonds. The minimum absolute atomic E-state index is 0.0317. The van der Waals surface area contributed by atoms with E-state index < -0.39 is 17.9 Å². The summed E-state index contributed by atoms with van der Waals surface area (Å²) >= 11 is 0. The quantitative estimate of drug-likeness (QED) is 0.753. The standard InChI is InChI=1S/C23H28N2O4/c1-2-21(26)25-12-6-5-9-20(25)22(27)24-15-19(23(28)29)14-16-10-11-17-7-3-4-8-18(17)13-16/h3-4,7-8,10-11,13,19-20H,2,5-6,9,12,14-15H2,1H3,(H,24,27)(H,28,29).